The predicted octanol–water partition coefficient (Wildman–Crippen LogP) is 3.40. The second-order valence-corrected chi connectivity index (χ2v) is 6.98. The van der Waals surface area contributed by atoms with Gasteiger partial charge >= 0.3 is 6.03 Å². The average molecular weight is 355 g/mol. The van der Waals surface area contributed by atoms with Crippen molar-refractivity contribution in [2.24, 2.45) is 0 Å². The lowest BCUT2D eigenvalue weighted by molar-refractivity contribution is 0.196. The van der Waals surface area contributed by atoms with Gasteiger partial charge in [0.05, 0.1) is 6.04 Å². The van der Waals surface area contributed by atoms with E-state index in [0.29, 0.717) is 0 Å². The normalized spacial score (nSPS) is 16.3. The molecule has 0 bridgehead atoms. The summed E-state index contributed by atoms with van der Waals surface area (Å²) in [5.41, 5.74) is 3.56. The number of amides is 2. The minimum Gasteiger partial charge on any atom is -0.369 e. The molecular weight excluding hydrogens is 326 g/mol. The Kier molecular flexibility index (Phi) is 5.81. The van der Waals surface area contributed by atoms with Crippen LogP contribution in [0.3, 0.4) is 0 Å². The molecule has 140 valence electrons. The highest BCUT2D eigenvalue weighted by atomic mass is 16.2. The molecule has 0 aliphatic carbocycles. The number of nitrogens with one attached hydrogen (secondary N) is 2. The summed E-state index contributed by atoms with van der Waals surface area (Å²) in [6, 6.07) is 8.37. The number of rotatable bonds is 4. The number of benzene rings is 1. The van der Waals surface area contributed by atoms with Crippen molar-refractivity contribution in [2.75, 3.05) is 31.1 Å². The third kappa shape index (κ3) is 4.18. The van der Waals surface area contributed by atoms with Gasteiger partial charge in [-0.25, -0.2) is 9.78 Å². The summed E-state index contributed by atoms with van der Waals surface area (Å²) in [7, 11) is 0. The molecule has 1 fully saturated rings. The average Bonchev–Trinajstić information content (AvgIpc) is 2.92. The van der Waals surface area contributed by atoms with E-state index in [4.69, 9.17) is 0 Å². The van der Waals surface area contributed by atoms with Gasteiger partial charge in [-0.15, -0.1) is 0 Å². The van der Waals surface area contributed by atoms with Crippen LogP contribution in [-0.4, -0.2) is 47.1 Å². The molecule has 2 N–H and O–H groups in total. The standard InChI is InChI=1S/C20H29N5O/c1-4-17(19-21-14-16(3)22-19)23-20(26)25-11-7-10-24(12-13-25)18-9-6-5-8-15(18)2/h5-6,8-9,14,17H,4,7,10-13H2,1-3H3,(H,21,22)(H,23,26)/t17-/m1/s1. The molecule has 0 unspecified atom stereocenters. The van der Waals surface area contributed by atoms with Crippen LogP contribution in [-0.2, 0) is 0 Å². The van der Waals surface area contributed by atoms with Gasteiger partial charge in [-0.1, -0.05) is 25.1 Å². The van der Waals surface area contributed by atoms with Crippen LogP contribution in [0.4, 0.5) is 10.5 Å². The molecule has 26 heavy (non-hydrogen) atoms. The highest BCUT2D eigenvalue weighted by molar-refractivity contribution is 5.74. The van der Waals surface area contributed by atoms with Gasteiger partial charge in [0.1, 0.15) is 5.82 Å². The van der Waals surface area contributed by atoms with E-state index in [2.05, 4.69) is 58.3 Å². The molecule has 1 aromatic carbocycles. The van der Waals surface area contributed by atoms with Gasteiger partial charge in [-0.2, -0.15) is 0 Å². The van der Waals surface area contributed by atoms with Crippen LogP contribution in [0.15, 0.2) is 30.5 Å². The second kappa shape index (κ2) is 8.25. The van der Waals surface area contributed by atoms with Crippen molar-refractivity contribution in [1.29, 1.82) is 0 Å². The molecule has 1 aliphatic heterocycles. The zero-order chi connectivity index (χ0) is 18.5. The Balaban J connectivity index is 1.61. The SMILES string of the molecule is CC[C@@H](NC(=O)N1CCCN(c2ccccc2C)CC1)c1ncc(C)[nH]1. The number of carbonyl (C=O) groups excluding carboxylic acids is 1. The number of H-pyrrole nitrogens is 1. The van der Waals surface area contributed by atoms with Crippen molar-refractivity contribution in [3.8, 4) is 0 Å². The Labute approximate surface area is 155 Å². The molecule has 6 nitrogen and oxygen atoms in total. The Morgan fingerprint density at radius 3 is 2.73 bits per heavy atom. The summed E-state index contributed by atoms with van der Waals surface area (Å²) < 4.78 is 0. The van der Waals surface area contributed by atoms with Crippen LogP contribution in [0.25, 0.3) is 0 Å². The predicted molar refractivity (Wildman–Crippen MR) is 104 cm³/mol. The largest absolute Gasteiger partial charge is 0.369 e. The molecule has 0 radical (unpaired) electrons. The molecule has 1 saturated heterocycles. The second-order valence-electron chi connectivity index (χ2n) is 6.98. The van der Waals surface area contributed by atoms with Gasteiger partial charge < -0.3 is 20.1 Å². The first kappa shape index (κ1) is 18.3. The van der Waals surface area contributed by atoms with E-state index in [0.717, 1.165) is 50.5 Å². The fourth-order valence-electron chi connectivity index (χ4n) is 3.49. The van der Waals surface area contributed by atoms with Crippen molar-refractivity contribution in [2.45, 2.75) is 39.7 Å². The summed E-state index contributed by atoms with van der Waals surface area (Å²) in [5, 5.41) is 3.13. The first-order valence-corrected chi connectivity index (χ1v) is 9.46. The molecule has 1 aliphatic rings. The molecule has 6 heteroatoms. The van der Waals surface area contributed by atoms with Crippen molar-refractivity contribution in [1.82, 2.24) is 20.2 Å². The van der Waals surface area contributed by atoms with Crippen LogP contribution in [0.1, 0.15) is 42.9 Å². The zero-order valence-electron chi connectivity index (χ0n) is 16.0. The fraction of sp³-hybridized carbons (Fsp3) is 0.500. The van der Waals surface area contributed by atoms with Crippen LogP contribution in [0.5, 0.6) is 0 Å². The van der Waals surface area contributed by atoms with Crippen molar-refractivity contribution in [3.05, 3.63) is 47.5 Å². The molecule has 0 saturated carbocycles. The van der Waals surface area contributed by atoms with Gasteiger partial charge in [0.15, 0.2) is 0 Å². The maximum Gasteiger partial charge on any atom is 0.318 e. The number of imidazole rings is 1. The van der Waals surface area contributed by atoms with E-state index < -0.39 is 0 Å². The molecule has 1 aromatic heterocycles. The molecule has 3 rings (SSSR count). The number of anilines is 1. The zero-order valence-corrected chi connectivity index (χ0v) is 16.0. The lowest BCUT2D eigenvalue weighted by atomic mass is 10.2. The van der Waals surface area contributed by atoms with Gasteiger partial charge in [0.25, 0.3) is 0 Å². The van der Waals surface area contributed by atoms with E-state index in [-0.39, 0.29) is 12.1 Å². The number of hydrogen-bond acceptors (Lipinski definition) is 3. The van der Waals surface area contributed by atoms with E-state index >= 15 is 0 Å². The Morgan fingerprint density at radius 2 is 2.04 bits per heavy atom. The van der Waals surface area contributed by atoms with E-state index in [1.807, 2.05) is 11.8 Å². The molecule has 2 aromatic rings. The summed E-state index contributed by atoms with van der Waals surface area (Å²) >= 11 is 0. The van der Waals surface area contributed by atoms with Gasteiger partial charge in [0, 0.05) is 43.8 Å². The number of carbonyl (C=O) groups is 1. The fourth-order valence-corrected chi connectivity index (χ4v) is 3.49. The maximum absolute atomic E-state index is 12.8. The summed E-state index contributed by atoms with van der Waals surface area (Å²) in [6.07, 6.45) is 3.58. The van der Waals surface area contributed by atoms with Crippen molar-refractivity contribution in [3.63, 3.8) is 0 Å². The third-order valence-electron chi connectivity index (χ3n) is 5.00. The number of hydrogen-bond donors (Lipinski definition) is 2. The molecule has 2 heterocycles. The lowest BCUT2D eigenvalue weighted by Crippen LogP contribution is -2.43. The topological polar surface area (TPSA) is 64.3 Å². The van der Waals surface area contributed by atoms with Crippen LogP contribution >= 0.6 is 0 Å². The quantitative estimate of drug-likeness (QED) is 0.883. The van der Waals surface area contributed by atoms with Gasteiger partial charge in [-0.05, 0) is 38.3 Å². The number of nitrogens with zero attached hydrogens (tertiary/aromatic N) is 3. The van der Waals surface area contributed by atoms with Crippen LogP contribution < -0.4 is 10.2 Å². The lowest BCUT2D eigenvalue weighted by Gasteiger charge is -2.26. The molecule has 2 amide bonds. The van der Waals surface area contributed by atoms with Crippen molar-refractivity contribution < 1.29 is 4.79 Å². The summed E-state index contributed by atoms with van der Waals surface area (Å²) in [5.74, 6) is 0.828. The van der Waals surface area contributed by atoms with E-state index in [1.54, 1.807) is 6.20 Å². The molecular formula is C20H29N5O. The van der Waals surface area contributed by atoms with Gasteiger partial charge in [0.2, 0.25) is 0 Å². The molecule has 1 atom stereocenters. The number of aryl methyl sites for hydroxylation is 2. The minimum atomic E-state index is -0.0769. The monoisotopic (exact) mass is 355 g/mol. The number of aromatic amines is 1. The number of aromatic nitrogens is 2. The first-order valence-electron chi connectivity index (χ1n) is 9.46. The highest BCUT2D eigenvalue weighted by Crippen LogP contribution is 2.21. The Bertz CT molecular complexity index is 741. The minimum absolute atomic E-state index is 0.00228. The van der Waals surface area contributed by atoms with Crippen molar-refractivity contribution >= 4 is 11.7 Å². The highest BCUT2D eigenvalue weighted by Gasteiger charge is 2.23. The number of para-hydroxylation sites is 1. The maximum atomic E-state index is 12.8. The Hall–Kier alpha value is -2.50. The van der Waals surface area contributed by atoms with Crippen LogP contribution in [0.2, 0.25) is 0 Å². The Morgan fingerprint density at radius 1 is 1.23 bits per heavy atom. The van der Waals surface area contributed by atoms with Gasteiger partial charge in [-0.3, -0.25) is 0 Å². The first-order chi connectivity index (χ1) is 12.6. The molecule has 0 spiro atoms. The summed E-state index contributed by atoms with van der Waals surface area (Å²) in [6.45, 7) is 9.51. The van der Waals surface area contributed by atoms with Crippen LogP contribution in [0, 0.1) is 13.8 Å². The number of urea groups is 1. The van der Waals surface area contributed by atoms with E-state index in [1.165, 1.54) is 11.3 Å². The van der Waals surface area contributed by atoms with E-state index in [9.17, 15) is 4.79 Å². The smallest absolute Gasteiger partial charge is 0.318 e. The third-order valence-corrected chi connectivity index (χ3v) is 5.00. The summed E-state index contributed by atoms with van der Waals surface area (Å²) in [4.78, 5) is 24.7.